The Kier molecular flexibility index (Phi) is 4.59. The zero-order valence-corrected chi connectivity index (χ0v) is 11.3. The zero-order valence-electron chi connectivity index (χ0n) is 9.75. The maximum absolute atomic E-state index is 12.3. The molecule has 0 spiro atoms. The second-order valence-corrected chi connectivity index (χ2v) is 5.26. The summed E-state index contributed by atoms with van der Waals surface area (Å²) in [5, 5.41) is 0.812. The molecule has 1 fully saturated rings. The van der Waals surface area contributed by atoms with Crippen LogP contribution in [-0.2, 0) is 9.53 Å². The lowest BCUT2D eigenvalue weighted by atomic mass is 10.0. The predicted octanol–water partition coefficient (Wildman–Crippen LogP) is 2.19. The second-order valence-electron chi connectivity index (χ2n) is 4.46. The number of alkyl halides is 1. The lowest BCUT2D eigenvalue weighted by Gasteiger charge is -2.33. The average Bonchev–Trinajstić information content (AvgIpc) is 2.61. The number of hydrogen-bond acceptors (Lipinski definition) is 2. The fraction of sp³-hybridized carbons (Fsp3) is 0.909. The number of amides is 1. The average molecular weight is 278 g/mol. The van der Waals surface area contributed by atoms with Gasteiger partial charge in [-0.25, -0.2) is 0 Å². The molecule has 1 amide bonds. The summed E-state index contributed by atoms with van der Waals surface area (Å²) in [4.78, 5) is 14.2. The first-order valence-electron chi connectivity index (χ1n) is 5.52. The number of ether oxygens (including phenoxy) is 1. The normalized spacial score (nSPS) is 25.9. The van der Waals surface area contributed by atoms with Crippen LogP contribution >= 0.6 is 15.9 Å². The number of hydrogen-bond donors (Lipinski definition) is 0. The molecule has 0 saturated carbocycles. The van der Waals surface area contributed by atoms with Gasteiger partial charge in [-0.2, -0.15) is 0 Å². The molecule has 0 bridgehead atoms. The summed E-state index contributed by atoms with van der Waals surface area (Å²) in [5.74, 6) is 0.134. The Morgan fingerprint density at radius 2 is 2.27 bits per heavy atom. The van der Waals surface area contributed by atoms with Gasteiger partial charge in [0.1, 0.15) is 5.60 Å². The number of carbonyl (C=O) groups is 1. The molecule has 1 aliphatic rings. The van der Waals surface area contributed by atoms with Crippen molar-refractivity contribution in [3.63, 3.8) is 0 Å². The molecule has 15 heavy (non-hydrogen) atoms. The summed E-state index contributed by atoms with van der Waals surface area (Å²) in [6.45, 7) is 7.45. The van der Waals surface area contributed by atoms with Crippen LogP contribution in [0.5, 0.6) is 0 Å². The Morgan fingerprint density at radius 3 is 2.67 bits per heavy atom. The Bertz CT molecular complexity index is 225. The Balaban J connectivity index is 2.70. The van der Waals surface area contributed by atoms with Crippen LogP contribution in [0, 0.1) is 0 Å². The van der Waals surface area contributed by atoms with Gasteiger partial charge in [-0.15, -0.1) is 0 Å². The molecular formula is C11H20BrNO2. The summed E-state index contributed by atoms with van der Waals surface area (Å²) in [6.07, 6.45) is 1.83. The van der Waals surface area contributed by atoms with Gasteiger partial charge in [0.2, 0.25) is 0 Å². The van der Waals surface area contributed by atoms with Crippen molar-refractivity contribution in [2.45, 2.75) is 45.3 Å². The van der Waals surface area contributed by atoms with Crippen molar-refractivity contribution in [2.75, 3.05) is 18.5 Å². The van der Waals surface area contributed by atoms with Crippen LogP contribution in [0.1, 0.15) is 33.6 Å². The molecular weight excluding hydrogens is 258 g/mol. The summed E-state index contributed by atoms with van der Waals surface area (Å²) in [7, 11) is 0. The van der Waals surface area contributed by atoms with E-state index >= 15 is 0 Å². The highest BCUT2D eigenvalue weighted by molar-refractivity contribution is 9.09. The quantitative estimate of drug-likeness (QED) is 0.738. The fourth-order valence-electron chi connectivity index (χ4n) is 1.94. The second kappa shape index (κ2) is 5.30. The number of carbonyl (C=O) groups excluding carboxylic acids is 1. The SMILES string of the molecule is CC(C)N(CCBr)C(=O)C1(C)CCCO1. The van der Waals surface area contributed by atoms with E-state index in [4.69, 9.17) is 4.74 Å². The maximum atomic E-state index is 12.3. The lowest BCUT2D eigenvalue weighted by molar-refractivity contribution is -0.152. The molecule has 0 aliphatic carbocycles. The first-order valence-corrected chi connectivity index (χ1v) is 6.64. The van der Waals surface area contributed by atoms with Crippen LogP contribution in [-0.4, -0.2) is 40.9 Å². The van der Waals surface area contributed by atoms with Crippen LogP contribution in [0.3, 0.4) is 0 Å². The maximum Gasteiger partial charge on any atom is 0.254 e. The summed E-state index contributed by atoms with van der Waals surface area (Å²) < 4.78 is 5.57. The molecule has 1 atom stereocenters. The smallest absolute Gasteiger partial charge is 0.254 e. The predicted molar refractivity (Wildman–Crippen MR) is 64.2 cm³/mol. The molecule has 1 aliphatic heterocycles. The van der Waals surface area contributed by atoms with Crippen LogP contribution < -0.4 is 0 Å². The third-order valence-electron chi connectivity index (χ3n) is 2.88. The standard InChI is InChI=1S/C11H20BrNO2/c1-9(2)13(7-6-12)10(14)11(3)5-4-8-15-11/h9H,4-8H2,1-3H3. The topological polar surface area (TPSA) is 29.5 Å². The Labute approximate surface area is 100 Å². The molecule has 1 rings (SSSR count). The first kappa shape index (κ1) is 13.0. The Morgan fingerprint density at radius 1 is 1.60 bits per heavy atom. The van der Waals surface area contributed by atoms with E-state index in [0.717, 1.165) is 24.7 Å². The van der Waals surface area contributed by atoms with E-state index in [1.54, 1.807) is 0 Å². The first-order chi connectivity index (χ1) is 7.01. The van der Waals surface area contributed by atoms with Gasteiger partial charge in [-0.05, 0) is 33.6 Å². The van der Waals surface area contributed by atoms with Gasteiger partial charge in [0.25, 0.3) is 5.91 Å². The highest BCUT2D eigenvalue weighted by Gasteiger charge is 2.40. The van der Waals surface area contributed by atoms with Crippen LogP contribution in [0.2, 0.25) is 0 Å². The minimum absolute atomic E-state index is 0.134. The van der Waals surface area contributed by atoms with Crippen LogP contribution in [0.4, 0.5) is 0 Å². The minimum Gasteiger partial charge on any atom is -0.365 e. The molecule has 0 aromatic carbocycles. The molecule has 4 heteroatoms. The van der Waals surface area contributed by atoms with Crippen molar-refractivity contribution in [1.29, 1.82) is 0 Å². The molecule has 0 N–H and O–H groups in total. The van der Waals surface area contributed by atoms with E-state index in [1.807, 2.05) is 25.7 Å². The van der Waals surface area contributed by atoms with E-state index in [0.29, 0.717) is 6.61 Å². The van der Waals surface area contributed by atoms with Crippen molar-refractivity contribution >= 4 is 21.8 Å². The molecule has 88 valence electrons. The fourth-order valence-corrected chi connectivity index (χ4v) is 2.32. The minimum atomic E-state index is -0.577. The van der Waals surface area contributed by atoms with Crippen LogP contribution in [0.15, 0.2) is 0 Å². The van der Waals surface area contributed by atoms with Gasteiger partial charge in [0.15, 0.2) is 0 Å². The van der Waals surface area contributed by atoms with Crippen molar-refractivity contribution < 1.29 is 9.53 Å². The van der Waals surface area contributed by atoms with Crippen molar-refractivity contribution in [1.82, 2.24) is 4.90 Å². The monoisotopic (exact) mass is 277 g/mol. The molecule has 1 saturated heterocycles. The van der Waals surface area contributed by atoms with Gasteiger partial charge < -0.3 is 9.64 Å². The van der Waals surface area contributed by atoms with E-state index in [9.17, 15) is 4.79 Å². The number of halogens is 1. The molecule has 1 unspecified atom stereocenters. The molecule has 0 radical (unpaired) electrons. The van der Waals surface area contributed by atoms with Crippen molar-refractivity contribution in [2.24, 2.45) is 0 Å². The number of rotatable bonds is 4. The summed E-state index contributed by atoms with van der Waals surface area (Å²) >= 11 is 3.38. The van der Waals surface area contributed by atoms with Crippen molar-refractivity contribution in [3.05, 3.63) is 0 Å². The van der Waals surface area contributed by atoms with Gasteiger partial charge >= 0.3 is 0 Å². The van der Waals surface area contributed by atoms with Gasteiger partial charge in [0, 0.05) is 24.5 Å². The Hall–Kier alpha value is -0.0900. The molecule has 3 nitrogen and oxygen atoms in total. The highest BCUT2D eigenvalue weighted by atomic mass is 79.9. The lowest BCUT2D eigenvalue weighted by Crippen LogP contribution is -2.50. The van der Waals surface area contributed by atoms with Gasteiger partial charge in [0.05, 0.1) is 0 Å². The van der Waals surface area contributed by atoms with Gasteiger partial charge in [-0.1, -0.05) is 15.9 Å². The zero-order chi connectivity index (χ0) is 11.5. The third-order valence-corrected chi connectivity index (χ3v) is 3.24. The van der Waals surface area contributed by atoms with E-state index in [-0.39, 0.29) is 11.9 Å². The van der Waals surface area contributed by atoms with E-state index in [2.05, 4.69) is 15.9 Å². The molecule has 1 heterocycles. The highest BCUT2D eigenvalue weighted by Crippen LogP contribution is 2.27. The van der Waals surface area contributed by atoms with Gasteiger partial charge in [-0.3, -0.25) is 4.79 Å². The molecule has 0 aromatic heterocycles. The summed E-state index contributed by atoms with van der Waals surface area (Å²) in [5.41, 5.74) is -0.577. The largest absolute Gasteiger partial charge is 0.365 e. The van der Waals surface area contributed by atoms with Crippen LogP contribution in [0.25, 0.3) is 0 Å². The van der Waals surface area contributed by atoms with Crippen molar-refractivity contribution in [3.8, 4) is 0 Å². The number of nitrogens with zero attached hydrogens (tertiary/aromatic N) is 1. The van der Waals surface area contributed by atoms with E-state index in [1.165, 1.54) is 0 Å². The van der Waals surface area contributed by atoms with E-state index < -0.39 is 5.60 Å². The third kappa shape index (κ3) is 2.94. The molecule has 0 aromatic rings. The summed E-state index contributed by atoms with van der Waals surface area (Å²) in [6, 6.07) is 0.232.